The zero-order valence-electron chi connectivity index (χ0n) is 10.4. The molecule has 0 aromatic carbocycles. The molecule has 18 heavy (non-hydrogen) atoms. The van der Waals surface area contributed by atoms with Crippen molar-refractivity contribution in [3.8, 4) is 0 Å². The molecular weight excluding hydrogens is 236 g/mol. The van der Waals surface area contributed by atoms with E-state index in [-0.39, 0.29) is 0 Å². The average Bonchev–Trinajstić information content (AvgIpc) is 3.17. The number of carbonyl (C=O) groups excluding carboxylic acids is 1. The molecule has 6 heteroatoms. The van der Waals surface area contributed by atoms with E-state index in [2.05, 4.69) is 10.6 Å². The summed E-state index contributed by atoms with van der Waals surface area (Å²) in [4.78, 5) is 22.3. The molecule has 0 unspecified atom stereocenters. The van der Waals surface area contributed by atoms with Crippen LogP contribution >= 0.6 is 0 Å². The minimum atomic E-state index is -1.01. The van der Waals surface area contributed by atoms with Gasteiger partial charge in [-0.1, -0.05) is 0 Å². The van der Waals surface area contributed by atoms with Crippen molar-refractivity contribution in [3.05, 3.63) is 0 Å². The molecule has 2 fully saturated rings. The van der Waals surface area contributed by atoms with Crippen molar-refractivity contribution in [1.29, 1.82) is 0 Å². The van der Waals surface area contributed by atoms with E-state index in [4.69, 9.17) is 9.84 Å². The third-order valence-corrected chi connectivity index (χ3v) is 3.31. The maximum atomic E-state index is 11.4. The van der Waals surface area contributed by atoms with E-state index in [1.165, 1.54) is 12.8 Å². The number of amides is 2. The Bertz CT molecular complexity index is 324. The predicted octanol–water partition coefficient (Wildman–Crippen LogP) is 0.719. The van der Waals surface area contributed by atoms with E-state index in [0.29, 0.717) is 26.0 Å². The molecule has 0 heterocycles. The molecule has 0 spiro atoms. The lowest BCUT2D eigenvalue weighted by atomic mass is 10.3. The number of carboxylic acids is 1. The van der Waals surface area contributed by atoms with E-state index in [1.807, 2.05) is 0 Å². The van der Waals surface area contributed by atoms with Crippen LogP contribution < -0.4 is 10.6 Å². The van der Waals surface area contributed by atoms with Gasteiger partial charge in [0.1, 0.15) is 5.54 Å². The van der Waals surface area contributed by atoms with Gasteiger partial charge >= 0.3 is 12.0 Å². The molecule has 0 aromatic rings. The highest BCUT2D eigenvalue weighted by Crippen LogP contribution is 2.35. The van der Waals surface area contributed by atoms with Crippen LogP contribution in [0, 0.1) is 5.92 Å². The van der Waals surface area contributed by atoms with E-state index in [9.17, 15) is 9.59 Å². The van der Waals surface area contributed by atoms with Gasteiger partial charge in [0.15, 0.2) is 0 Å². The molecule has 102 valence electrons. The lowest BCUT2D eigenvalue weighted by molar-refractivity contribution is -0.140. The molecule has 3 N–H and O–H groups in total. The minimum Gasteiger partial charge on any atom is -0.480 e. The van der Waals surface area contributed by atoms with Crippen LogP contribution in [-0.2, 0) is 9.53 Å². The number of carbonyl (C=O) groups is 2. The van der Waals surface area contributed by atoms with Crippen molar-refractivity contribution < 1.29 is 19.4 Å². The van der Waals surface area contributed by atoms with E-state index in [0.717, 1.165) is 18.9 Å². The maximum absolute atomic E-state index is 11.4. The summed E-state index contributed by atoms with van der Waals surface area (Å²) in [7, 11) is 0. The van der Waals surface area contributed by atoms with Gasteiger partial charge in [0.25, 0.3) is 0 Å². The summed E-state index contributed by atoms with van der Waals surface area (Å²) in [6, 6.07) is -0.405. The summed E-state index contributed by atoms with van der Waals surface area (Å²) in [6.07, 6.45) is 4.33. The fraction of sp³-hybridized carbons (Fsp3) is 0.833. The van der Waals surface area contributed by atoms with Gasteiger partial charge in [-0.3, -0.25) is 0 Å². The summed E-state index contributed by atoms with van der Waals surface area (Å²) in [6.45, 7) is 1.97. The largest absolute Gasteiger partial charge is 0.480 e. The van der Waals surface area contributed by atoms with Crippen LogP contribution in [0.3, 0.4) is 0 Å². The molecule has 2 amide bonds. The zero-order chi connectivity index (χ0) is 13.0. The van der Waals surface area contributed by atoms with Gasteiger partial charge in [0.2, 0.25) is 0 Å². The number of rotatable bonds is 8. The molecule has 0 aliphatic heterocycles. The number of carboxylic acid groups (broad SMARTS) is 1. The van der Waals surface area contributed by atoms with E-state index < -0.39 is 17.5 Å². The molecular formula is C12H20N2O4. The van der Waals surface area contributed by atoms with Crippen LogP contribution in [0.15, 0.2) is 0 Å². The lowest BCUT2D eigenvalue weighted by Gasteiger charge is -2.13. The standard InChI is InChI=1S/C12H20N2O4/c15-10(16)12(4-5-12)14-11(17)13-6-1-7-18-8-9-2-3-9/h9H,1-8H2,(H,15,16)(H2,13,14,17). The average molecular weight is 256 g/mol. The first-order valence-electron chi connectivity index (χ1n) is 6.49. The van der Waals surface area contributed by atoms with Crippen molar-refractivity contribution in [3.63, 3.8) is 0 Å². The van der Waals surface area contributed by atoms with Gasteiger partial charge in [0.05, 0.1) is 0 Å². The molecule has 2 aliphatic rings. The van der Waals surface area contributed by atoms with Crippen molar-refractivity contribution in [2.45, 2.75) is 37.6 Å². The normalized spacial score (nSPS) is 20.2. The second-order valence-electron chi connectivity index (χ2n) is 5.14. The molecule has 0 radical (unpaired) electrons. The Balaban J connectivity index is 1.48. The number of urea groups is 1. The summed E-state index contributed by atoms with van der Waals surface area (Å²) in [5.41, 5.74) is -1.01. The van der Waals surface area contributed by atoms with Crippen molar-refractivity contribution in [2.75, 3.05) is 19.8 Å². The van der Waals surface area contributed by atoms with Gasteiger partial charge in [-0.25, -0.2) is 9.59 Å². The van der Waals surface area contributed by atoms with Crippen molar-refractivity contribution >= 4 is 12.0 Å². The van der Waals surface area contributed by atoms with Crippen molar-refractivity contribution in [2.24, 2.45) is 5.92 Å². The first-order chi connectivity index (χ1) is 8.62. The molecule has 2 saturated carbocycles. The monoisotopic (exact) mass is 256 g/mol. The molecule has 6 nitrogen and oxygen atoms in total. The third kappa shape index (κ3) is 3.87. The zero-order valence-corrected chi connectivity index (χ0v) is 10.4. The van der Waals surface area contributed by atoms with Gasteiger partial charge < -0.3 is 20.5 Å². The first-order valence-corrected chi connectivity index (χ1v) is 6.49. The number of nitrogens with one attached hydrogen (secondary N) is 2. The number of hydrogen-bond acceptors (Lipinski definition) is 3. The van der Waals surface area contributed by atoms with E-state index in [1.54, 1.807) is 0 Å². The van der Waals surface area contributed by atoms with Crippen LogP contribution in [0.25, 0.3) is 0 Å². The maximum Gasteiger partial charge on any atom is 0.329 e. The highest BCUT2D eigenvalue weighted by molar-refractivity contribution is 5.88. The van der Waals surface area contributed by atoms with Gasteiger partial charge in [-0.15, -0.1) is 0 Å². The SMILES string of the molecule is O=C(NCCCOCC1CC1)NC1(C(=O)O)CC1. The summed E-state index contributed by atoms with van der Waals surface area (Å²) in [5, 5.41) is 14.0. The number of hydrogen-bond donors (Lipinski definition) is 3. The summed E-state index contributed by atoms with van der Waals surface area (Å²) >= 11 is 0. The quantitative estimate of drug-likeness (QED) is 0.558. The third-order valence-electron chi connectivity index (χ3n) is 3.31. The molecule has 2 aliphatic carbocycles. The second-order valence-corrected chi connectivity index (χ2v) is 5.14. The molecule has 0 saturated heterocycles. The summed E-state index contributed by atoms with van der Waals surface area (Å²) < 4.78 is 5.43. The smallest absolute Gasteiger partial charge is 0.329 e. The van der Waals surface area contributed by atoms with Crippen LogP contribution in [0.5, 0.6) is 0 Å². The Hall–Kier alpha value is -1.30. The Morgan fingerprint density at radius 3 is 2.61 bits per heavy atom. The Morgan fingerprint density at radius 1 is 1.33 bits per heavy atom. The lowest BCUT2D eigenvalue weighted by Crippen LogP contribution is -2.48. The highest BCUT2D eigenvalue weighted by atomic mass is 16.5. The van der Waals surface area contributed by atoms with Gasteiger partial charge in [-0.2, -0.15) is 0 Å². The van der Waals surface area contributed by atoms with Crippen LogP contribution in [-0.4, -0.2) is 42.4 Å². The topological polar surface area (TPSA) is 87.7 Å². The molecule has 2 rings (SSSR count). The van der Waals surface area contributed by atoms with E-state index >= 15 is 0 Å². The predicted molar refractivity (Wildman–Crippen MR) is 64.3 cm³/mol. The Morgan fingerprint density at radius 2 is 2.06 bits per heavy atom. The number of ether oxygens (including phenoxy) is 1. The molecule has 0 bridgehead atoms. The minimum absolute atomic E-state index is 0.405. The fourth-order valence-electron chi connectivity index (χ4n) is 1.69. The summed E-state index contributed by atoms with van der Waals surface area (Å²) in [5.74, 6) is -0.197. The van der Waals surface area contributed by atoms with Crippen LogP contribution in [0.1, 0.15) is 32.1 Å². The van der Waals surface area contributed by atoms with Crippen LogP contribution in [0.4, 0.5) is 4.79 Å². The Kier molecular flexibility index (Phi) is 4.06. The highest BCUT2D eigenvalue weighted by Gasteiger charge is 2.51. The van der Waals surface area contributed by atoms with Crippen molar-refractivity contribution in [1.82, 2.24) is 10.6 Å². The van der Waals surface area contributed by atoms with Gasteiger partial charge in [-0.05, 0) is 38.0 Å². The fourth-order valence-corrected chi connectivity index (χ4v) is 1.69. The molecule has 0 atom stereocenters. The molecule has 0 aromatic heterocycles. The second kappa shape index (κ2) is 5.56. The van der Waals surface area contributed by atoms with Gasteiger partial charge in [0, 0.05) is 19.8 Å². The van der Waals surface area contributed by atoms with Crippen LogP contribution in [0.2, 0.25) is 0 Å². The first kappa shape index (κ1) is 13.1. The Labute approximate surface area is 106 Å². The number of aliphatic carboxylic acids is 1.